The molecular formula is C2H5O6S2-. The van der Waals surface area contributed by atoms with Gasteiger partial charge in [-0.3, -0.25) is 0 Å². The second-order valence-corrected chi connectivity index (χ2v) is 3.09. The minimum absolute atomic E-state index is 0.167. The summed E-state index contributed by atoms with van der Waals surface area (Å²) in [6, 6.07) is 0. The van der Waals surface area contributed by atoms with Crippen LogP contribution in [-0.4, -0.2) is 23.8 Å². The van der Waals surface area contributed by atoms with Gasteiger partial charge in [0.05, 0.1) is 6.61 Å². The summed E-state index contributed by atoms with van der Waals surface area (Å²) in [5, 5.41) is 0. The molecule has 0 saturated heterocycles. The maximum atomic E-state index is 10.2. The van der Waals surface area contributed by atoms with Crippen molar-refractivity contribution in [2.45, 2.75) is 6.92 Å². The van der Waals surface area contributed by atoms with Gasteiger partial charge in [0.25, 0.3) is 0 Å². The largest absolute Gasteiger partial charge is 0.749 e. The van der Waals surface area contributed by atoms with Crippen molar-refractivity contribution in [3.05, 3.63) is 0 Å². The number of hydrogen-bond acceptors (Lipinski definition) is 6. The summed E-state index contributed by atoms with van der Waals surface area (Å²) >= 11 is -3.10. The summed E-state index contributed by atoms with van der Waals surface area (Å²) in [6.07, 6.45) is 0. The molecule has 0 aromatic heterocycles. The van der Waals surface area contributed by atoms with Crippen LogP contribution in [-0.2, 0) is 29.6 Å². The Labute approximate surface area is 61.0 Å². The molecule has 8 heteroatoms. The van der Waals surface area contributed by atoms with Gasteiger partial charge in [0.2, 0.25) is 0 Å². The Bertz CT molecular complexity index is 204. The molecule has 0 rings (SSSR count). The fraction of sp³-hybridized carbons (Fsp3) is 1.00. The Kier molecular flexibility index (Phi) is 3.98. The van der Waals surface area contributed by atoms with Crippen molar-refractivity contribution in [3.8, 4) is 0 Å². The lowest BCUT2D eigenvalue weighted by molar-refractivity contribution is 0.285. The molecule has 1 atom stereocenters. The SMILES string of the molecule is CCOS(=O)(=O)OS(=O)[O-]. The van der Waals surface area contributed by atoms with Gasteiger partial charge in [-0.25, -0.2) is 8.39 Å². The first-order chi connectivity index (χ1) is 4.48. The van der Waals surface area contributed by atoms with Crippen molar-refractivity contribution < 1.29 is 25.0 Å². The molecule has 0 aliphatic carbocycles. The van der Waals surface area contributed by atoms with Crippen LogP contribution >= 0.6 is 0 Å². The molecule has 0 N–H and O–H groups in total. The first-order valence-corrected chi connectivity index (χ1v) is 4.50. The van der Waals surface area contributed by atoms with Crippen molar-refractivity contribution in [1.82, 2.24) is 0 Å². The summed E-state index contributed by atoms with van der Waals surface area (Å²) in [4.78, 5) is 0. The third kappa shape index (κ3) is 4.82. The zero-order valence-electron chi connectivity index (χ0n) is 4.97. The number of rotatable bonds is 4. The third-order valence-electron chi connectivity index (χ3n) is 0.401. The molecule has 0 aromatic carbocycles. The van der Waals surface area contributed by atoms with Crippen molar-refractivity contribution in [1.29, 1.82) is 0 Å². The van der Waals surface area contributed by atoms with Crippen LogP contribution in [0.5, 0.6) is 0 Å². The highest BCUT2D eigenvalue weighted by atomic mass is 32.3. The lowest BCUT2D eigenvalue weighted by atomic mass is 10.9. The zero-order valence-corrected chi connectivity index (χ0v) is 6.61. The fourth-order valence-electron chi connectivity index (χ4n) is 0.232. The maximum Gasteiger partial charge on any atom is 0.412 e. The molecule has 0 saturated carbocycles. The van der Waals surface area contributed by atoms with E-state index in [0.29, 0.717) is 0 Å². The van der Waals surface area contributed by atoms with Crippen molar-refractivity contribution in [3.63, 3.8) is 0 Å². The van der Waals surface area contributed by atoms with E-state index in [4.69, 9.17) is 0 Å². The normalized spacial score (nSPS) is 15.0. The first-order valence-electron chi connectivity index (χ1n) is 2.16. The van der Waals surface area contributed by atoms with Crippen LogP contribution in [0.4, 0.5) is 0 Å². The summed E-state index contributed by atoms with van der Waals surface area (Å²) in [5.74, 6) is 0. The van der Waals surface area contributed by atoms with Crippen molar-refractivity contribution in [2.24, 2.45) is 0 Å². The average Bonchev–Trinajstić information content (AvgIpc) is 1.59. The summed E-state index contributed by atoms with van der Waals surface area (Å²) in [7, 11) is -4.34. The second kappa shape index (κ2) is 3.98. The van der Waals surface area contributed by atoms with Crippen LogP contribution in [0.2, 0.25) is 0 Å². The fourth-order valence-corrected chi connectivity index (χ4v) is 1.22. The Morgan fingerprint density at radius 1 is 1.60 bits per heavy atom. The molecule has 0 bridgehead atoms. The molecule has 0 aliphatic heterocycles. The molecule has 0 aromatic rings. The van der Waals surface area contributed by atoms with Gasteiger partial charge in [-0.15, -0.1) is 0 Å². The zero-order chi connectivity index (χ0) is 8.20. The predicted octanol–water partition coefficient (Wildman–Crippen LogP) is -0.922. The smallest absolute Gasteiger partial charge is 0.412 e. The van der Waals surface area contributed by atoms with Crippen LogP contribution in [0.25, 0.3) is 0 Å². The Balaban J connectivity index is 4.02. The molecule has 6 nitrogen and oxygen atoms in total. The molecular weight excluding hydrogens is 184 g/mol. The Hall–Kier alpha value is -0.0200. The van der Waals surface area contributed by atoms with Gasteiger partial charge in [-0.05, 0) is 6.92 Å². The van der Waals surface area contributed by atoms with Gasteiger partial charge in [-0.2, -0.15) is 12.0 Å². The van der Waals surface area contributed by atoms with E-state index in [2.05, 4.69) is 7.81 Å². The Morgan fingerprint density at radius 3 is 2.40 bits per heavy atom. The quantitative estimate of drug-likeness (QED) is 0.531. The first kappa shape index (κ1) is 9.98. The van der Waals surface area contributed by atoms with E-state index in [1.54, 1.807) is 0 Å². The summed E-state index contributed by atoms with van der Waals surface area (Å²) in [5.41, 5.74) is 0. The van der Waals surface area contributed by atoms with E-state index in [0.717, 1.165) is 0 Å². The van der Waals surface area contributed by atoms with Crippen LogP contribution < -0.4 is 0 Å². The standard InChI is InChI=1S/C2H6O6S2/c1-2-7-10(5,6)8-9(3)4/h2H2,1H3,(H,3,4)/p-1. The van der Waals surface area contributed by atoms with Crippen LogP contribution in [0.1, 0.15) is 6.92 Å². The van der Waals surface area contributed by atoms with Crippen molar-refractivity contribution in [2.75, 3.05) is 6.61 Å². The van der Waals surface area contributed by atoms with Gasteiger partial charge >= 0.3 is 10.4 Å². The highest BCUT2D eigenvalue weighted by molar-refractivity contribution is 7.92. The van der Waals surface area contributed by atoms with E-state index in [9.17, 15) is 17.2 Å². The summed E-state index contributed by atoms with van der Waals surface area (Å²) in [6.45, 7) is 1.22. The van der Waals surface area contributed by atoms with Gasteiger partial charge in [-0.1, -0.05) is 0 Å². The Morgan fingerprint density at radius 2 is 2.10 bits per heavy atom. The molecule has 1 unspecified atom stereocenters. The average molecular weight is 189 g/mol. The lowest BCUT2D eigenvalue weighted by Crippen LogP contribution is -2.11. The van der Waals surface area contributed by atoms with E-state index in [-0.39, 0.29) is 6.61 Å². The highest BCUT2D eigenvalue weighted by Gasteiger charge is 2.10. The maximum absolute atomic E-state index is 10.2. The molecule has 10 heavy (non-hydrogen) atoms. The lowest BCUT2D eigenvalue weighted by Gasteiger charge is -2.03. The molecule has 0 aliphatic rings. The molecule has 0 amide bonds. The number of hydrogen-bond donors (Lipinski definition) is 0. The van der Waals surface area contributed by atoms with E-state index < -0.39 is 21.8 Å². The third-order valence-corrected chi connectivity index (χ3v) is 2.04. The van der Waals surface area contributed by atoms with Gasteiger partial charge < -0.3 is 4.55 Å². The van der Waals surface area contributed by atoms with E-state index in [1.165, 1.54) is 6.92 Å². The highest BCUT2D eigenvalue weighted by Crippen LogP contribution is 1.96. The van der Waals surface area contributed by atoms with Crippen LogP contribution in [0.15, 0.2) is 0 Å². The molecule has 0 fully saturated rings. The van der Waals surface area contributed by atoms with E-state index >= 15 is 0 Å². The molecule has 0 radical (unpaired) electrons. The molecule has 0 spiro atoms. The summed E-state index contributed by atoms with van der Waals surface area (Å²) < 4.78 is 46.9. The molecule has 0 heterocycles. The second-order valence-electron chi connectivity index (χ2n) is 1.09. The van der Waals surface area contributed by atoms with Crippen LogP contribution in [0.3, 0.4) is 0 Å². The van der Waals surface area contributed by atoms with E-state index in [1.807, 2.05) is 0 Å². The monoisotopic (exact) mass is 189 g/mol. The van der Waals surface area contributed by atoms with Gasteiger partial charge in [0, 0.05) is 0 Å². The van der Waals surface area contributed by atoms with Crippen LogP contribution in [0, 0.1) is 0 Å². The van der Waals surface area contributed by atoms with Gasteiger partial charge in [0.1, 0.15) is 11.4 Å². The predicted molar refractivity (Wildman–Crippen MR) is 30.6 cm³/mol. The minimum Gasteiger partial charge on any atom is -0.749 e. The topological polar surface area (TPSA) is 92.7 Å². The minimum atomic E-state index is -4.34. The van der Waals surface area contributed by atoms with Gasteiger partial charge in [0.15, 0.2) is 0 Å². The molecule has 62 valence electrons. The van der Waals surface area contributed by atoms with Crippen molar-refractivity contribution >= 4 is 21.8 Å².